The largest absolute Gasteiger partial charge is 0.299 e. The Kier molecular flexibility index (Phi) is 4.27. The van der Waals surface area contributed by atoms with Gasteiger partial charge in [-0.3, -0.25) is 9.48 Å². The lowest BCUT2D eigenvalue weighted by atomic mass is 9.88. The summed E-state index contributed by atoms with van der Waals surface area (Å²) >= 11 is 0. The summed E-state index contributed by atoms with van der Waals surface area (Å²) in [5.41, 5.74) is 1.02. The minimum Gasteiger partial charge on any atom is -0.299 e. The molecule has 0 spiro atoms. The minimum absolute atomic E-state index is 0.201. The first-order valence-corrected chi connectivity index (χ1v) is 5.98. The second kappa shape index (κ2) is 5.28. The molecule has 1 heterocycles. The number of carbonyl (C=O) groups excluding carboxylic acids is 1. The lowest BCUT2D eigenvalue weighted by Crippen LogP contribution is -2.19. The van der Waals surface area contributed by atoms with Crippen molar-refractivity contribution in [1.29, 1.82) is 0 Å². The molecule has 0 saturated carbocycles. The summed E-state index contributed by atoms with van der Waals surface area (Å²) in [6.07, 6.45) is 6.49. The molecule has 0 radical (unpaired) electrons. The number of hydrogen-bond acceptors (Lipinski definition) is 2. The van der Waals surface area contributed by atoms with Gasteiger partial charge < -0.3 is 0 Å². The molecular formula is C13H22N2O. The van der Waals surface area contributed by atoms with E-state index in [-0.39, 0.29) is 5.41 Å². The van der Waals surface area contributed by atoms with Crippen LogP contribution in [0.15, 0.2) is 12.4 Å². The number of carbonyl (C=O) groups is 1. The smallest absolute Gasteiger partial charge is 0.138 e. The third-order valence-corrected chi connectivity index (χ3v) is 2.72. The fourth-order valence-corrected chi connectivity index (χ4v) is 1.54. The lowest BCUT2D eigenvalue weighted by Gasteiger charge is -2.15. The third kappa shape index (κ3) is 3.80. The van der Waals surface area contributed by atoms with Gasteiger partial charge in [-0.25, -0.2) is 0 Å². The zero-order valence-corrected chi connectivity index (χ0v) is 10.8. The van der Waals surface area contributed by atoms with E-state index in [1.54, 1.807) is 0 Å². The fourth-order valence-electron chi connectivity index (χ4n) is 1.54. The van der Waals surface area contributed by atoms with Gasteiger partial charge in [0.1, 0.15) is 5.78 Å². The van der Waals surface area contributed by atoms with E-state index in [4.69, 9.17) is 0 Å². The Labute approximate surface area is 97.8 Å². The Bertz CT molecular complexity index is 347. The van der Waals surface area contributed by atoms with E-state index in [1.165, 1.54) is 5.56 Å². The molecule has 0 aliphatic heterocycles. The summed E-state index contributed by atoms with van der Waals surface area (Å²) in [5, 5.41) is 4.21. The van der Waals surface area contributed by atoms with Crippen LogP contribution in [0, 0.1) is 5.41 Å². The SMILES string of the molecule is CCn1cc(CCCC(=O)C(C)(C)C)cn1. The average molecular weight is 222 g/mol. The van der Waals surface area contributed by atoms with Gasteiger partial charge in [0.25, 0.3) is 0 Å². The van der Waals surface area contributed by atoms with Crippen LogP contribution in [0.25, 0.3) is 0 Å². The van der Waals surface area contributed by atoms with Crippen molar-refractivity contribution in [3.63, 3.8) is 0 Å². The van der Waals surface area contributed by atoms with Crippen LogP contribution in [0.1, 0.15) is 46.1 Å². The Hall–Kier alpha value is -1.12. The summed E-state index contributed by atoms with van der Waals surface area (Å²) < 4.78 is 1.92. The highest BCUT2D eigenvalue weighted by Crippen LogP contribution is 2.18. The van der Waals surface area contributed by atoms with Crippen molar-refractivity contribution in [2.75, 3.05) is 0 Å². The first-order chi connectivity index (χ1) is 7.43. The highest BCUT2D eigenvalue weighted by atomic mass is 16.1. The molecule has 0 atom stereocenters. The van der Waals surface area contributed by atoms with E-state index in [2.05, 4.69) is 18.2 Å². The molecule has 0 aliphatic carbocycles. The maximum Gasteiger partial charge on any atom is 0.138 e. The minimum atomic E-state index is -0.201. The van der Waals surface area contributed by atoms with E-state index in [0.29, 0.717) is 12.2 Å². The summed E-state index contributed by atoms with van der Waals surface area (Å²) in [5.74, 6) is 0.343. The molecule has 0 aliphatic rings. The number of ketones is 1. The molecule has 1 rings (SSSR count). The molecule has 90 valence electrons. The van der Waals surface area contributed by atoms with E-state index in [9.17, 15) is 4.79 Å². The molecule has 0 bridgehead atoms. The van der Waals surface area contributed by atoms with Crippen molar-refractivity contribution in [2.24, 2.45) is 5.41 Å². The number of nitrogens with zero attached hydrogens (tertiary/aromatic N) is 2. The second-order valence-electron chi connectivity index (χ2n) is 5.23. The summed E-state index contributed by atoms with van der Waals surface area (Å²) in [4.78, 5) is 11.7. The molecule has 3 heteroatoms. The number of hydrogen-bond donors (Lipinski definition) is 0. The first-order valence-electron chi connectivity index (χ1n) is 5.98. The quantitative estimate of drug-likeness (QED) is 0.768. The molecule has 1 aromatic heterocycles. The van der Waals surface area contributed by atoms with Gasteiger partial charge in [0.05, 0.1) is 6.20 Å². The number of aryl methyl sites for hydroxylation is 2. The normalized spacial score (nSPS) is 11.8. The number of Topliss-reactive ketones (excluding diaryl/α,β-unsaturated/α-hetero) is 1. The summed E-state index contributed by atoms with van der Waals surface area (Å²) in [6.45, 7) is 8.90. The molecule has 1 aromatic rings. The first kappa shape index (κ1) is 12.9. The Balaban J connectivity index is 2.33. The van der Waals surface area contributed by atoms with Crippen molar-refractivity contribution < 1.29 is 4.79 Å². The van der Waals surface area contributed by atoms with Crippen LogP contribution in [0.4, 0.5) is 0 Å². The van der Waals surface area contributed by atoms with Gasteiger partial charge in [0.15, 0.2) is 0 Å². The van der Waals surface area contributed by atoms with Gasteiger partial charge in [-0.2, -0.15) is 5.10 Å². The lowest BCUT2D eigenvalue weighted by molar-refractivity contribution is -0.126. The molecule has 0 unspecified atom stereocenters. The highest BCUT2D eigenvalue weighted by Gasteiger charge is 2.20. The monoisotopic (exact) mass is 222 g/mol. The van der Waals surface area contributed by atoms with Gasteiger partial charge in [-0.1, -0.05) is 20.8 Å². The van der Waals surface area contributed by atoms with Crippen LogP contribution < -0.4 is 0 Å². The van der Waals surface area contributed by atoms with Gasteiger partial charge >= 0.3 is 0 Å². The molecule has 0 fully saturated rings. The standard InChI is InChI=1S/C13H22N2O/c1-5-15-10-11(9-14-15)7-6-8-12(16)13(2,3)4/h9-10H,5-8H2,1-4H3. The van der Waals surface area contributed by atoms with Gasteiger partial charge in [-0.05, 0) is 25.3 Å². The predicted octanol–water partition coefficient (Wildman–Crippen LogP) is 2.84. The van der Waals surface area contributed by atoms with Crippen molar-refractivity contribution in [2.45, 2.75) is 53.5 Å². The molecule has 0 aromatic carbocycles. The Morgan fingerprint density at radius 2 is 2.12 bits per heavy atom. The second-order valence-corrected chi connectivity index (χ2v) is 5.23. The van der Waals surface area contributed by atoms with Crippen molar-refractivity contribution in [1.82, 2.24) is 9.78 Å². The van der Waals surface area contributed by atoms with Crippen molar-refractivity contribution >= 4 is 5.78 Å². The zero-order chi connectivity index (χ0) is 12.2. The molecule has 0 N–H and O–H groups in total. The van der Waals surface area contributed by atoms with Crippen LogP contribution in [0.5, 0.6) is 0 Å². The van der Waals surface area contributed by atoms with Crippen molar-refractivity contribution in [3.05, 3.63) is 18.0 Å². The Morgan fingerprint density at radius 3 is 2.62 bits per heavy atom. The highest BCUT2D eigenvalue weighted by molar-refractivity contribution is 5.83. The van der Waals surface area contributed by atoms with Gasteiger partial charge in [0.2, 0.25) is 0 Å². The topological polar surface area (TPSA) is 34.9 Å². The molecular weight excluding hydrogens is 200 g/mol. The average Bonchev–Trinajstić information content (AvgIpc) is 2.64. The molecule has 3 nitrogen and oxygen atoms in total. The van der Waals surface area contributed by atoms with E-state index in [0.717, 1.165) is 19.4 Å². The van der Waals surface area contributed by atoms with Crippen molar-refractivity contribution in [3.8, 4) is 0 Å². The molecule has 16 heavy (non-hydrogen) atoms. The maximum atomic E-state index is 11.7. The summed E-state index contributed by atoms with van der Waals surface area (Å²) in [7, 11) is 0. The van der Waals surface area contributed by atoms with Crippen LogP contribution in [0.2, 0.25) is 0 Å². The predicted molar refractivity (Wildman–Crippen MR) is 65.3 cm³/mol. The van der Waals surface area contributed by atoms with Crippen LogP contribution in [-0.2, 0) is 17.8 Å². The van der Waals surface area contributed by atoms with E-state index >= 15 is 0 Å². The number of aromatic nitrogens is 2. The van der Waals surface area contributed by atoms with Crippen LogP contribution >= 0.6 is 0 Å². The number of rotatable bonds is 5. The van der Waals surface area contributed by atoms with Crippen LogP contribution in [-0.4, -0.2) is 15.6 Å². The van der Waals surface area contributed by atoms with E-state index < -0.39 is 0 Å². The molecule has 0 saturated heterocycles. The molecule has 0 amide bonds. The summed E-state index contributed by atoms with van der Waals surface area (Å²) in [6, 6.07) is 0. The Morgan fingerprint density at radius 1 is 1.44 bits per heavy atom. The third-order valence-electron chi connectivity index (χ3n) is 2.72. The van der Waals surface area contributed by atoms with Gasteiger partial charge in [0, 0.05) is 24.6 Å². The van der Waals surface area contributed by atoms with Gasteiger partial charge in [-0.15, -0.1) is 0 Å². The fraction of sp³-hybridized carbons (Fsp3) is 0.692. The van der Waals surface area contributed by atoms with E-state index in [1.807, 2.05) is 31.6 Å². The zero-order valence-electron chi connectivity index (χ0n) is 10.8. The van der Waals surface area contributed by atoms with Crippen LogP contribution in [0.3, 0.4) is 0 Å². The maximum absolute atomic E-state index is 11.7.